The van der Waals surface area contributed by atoms with Crippen LogP contribution in [-0.4, -0.2) is 23.8 Å². The average molecular weight is 281 g/mol. The quantitative estimate of drug-likeness (QED) is 0.795. The molecule has 21 heavy (non-hydrogen) atoms. The normalized spacial score (nSPS) is 17.1. The van der Waals surface area contributed by atoms with Gasteiger partial charge in [0.05, 0.1) is 5.92 Å². The zero-order valence-corrected chi connectivity index (χ0v) is 11.9. The summed E-state index contributed by atoms with van der Waals surface area (Å²) in [6.45, 7) is 1.83. The van der Waals surface area contributed by atoms with E-state index in [1.165, 1.54) is 5.06 Å². The van der Waals surface area contributed by atoms with Crippen LogP contribution < -0.4 is 4.84 Å². The van der Waals surface area contributed by atoms with E-state index in [-0.39, 0.29) is 17.6 Å². The first kappa shape index (κ1) is 13.4. The van der Waals surface area contributed by atoms with Crippen molar-refractivity contribution in [2.45, 2.75) is 12.8 Å². The molecule has 2 aromatic carbocycles. The smallest absolute Gasteiger partial charge is 0.262 e. The van der Waals surface area contributed by atoms with Crippen molar-refractivity contribution in [2.75, 3.05) is 7.05 Å². The first-order chi connectivity index (χ1) is 10.1. The van der Waals surface area contributed by atoms with Crippen molar-refractivity contribution in [3.05, 3.63) is 65.2 Å². The summed E-state index contributed by atoms with van der Waals surface area (Å²) in [5, 5.41) is 1.21. The number of benzene rings is 2. The first-order valence-corrected chi connectivity index (χ1v) is 6.77. The van der Waals surface area contributed by atoms with Gasteiger partial charge in [0.25, 0.3) is 5.91 Å². The number of amides is 1. The van der Waals surface area contributed by atoms with E-state index in [0.29, 0.717) is 16.9 Å². The van der Waals surface area contributed by atoms with Gasteiger partial charge in [0, 0.05) is 23.7 Å². The van der Waals surface area contributed by atoms with Gasteiger partial charge >= 0.3 is 0 Å². The van der Waals surface area contributed by atoms with Crippen LogP contribution in [0.5, 0.6) is 5.75 Å². The molecule has 0 bridgehead atoms. The van der Waals surface area contributed by atoms with Gasteiger partial charge in [0.1, 0.15) is 0 Å². The lowest BCUT2D eigenvalue weighted by Gasteiger charge is -2.29. The Hall–Kier alpha value is -2.62. The van der Waals surface area contributed by atoms with Crippen molar-refractivity contribution in [3.8, 4) is 5.75 Å². The van der Waals surface area contributed by atoms with Crippen LogP contribution in [0.2, 0.25) is 0 Å². The van der Waals surface area contributed by atoms with Crippen LogP contribution in [0.4, 0.5) is 0 Å². The number of rotatable bonds is 2. The van der Waals surface area contributed by atoms with Crippen LogP contribution in [0.25, 0.3) is 0 Å². The van der Waals surface area contributed by atoms with Gasteiger partial charge < -0.3 is 4.84 Å². The molecule has 4 nitrogen and oxygen atoms in total. The van der Waals surface area contributed by atoms with Gasteiger partial charge in [-0.05, 0) is 13.0 Å². The molecule has 1 atom stereocenters. The van der Waals surface area contributed by atoms with E-state index in [1.54, 1.807) is 37.4 Å². The summed E-state index contributed by atoms with van der Waals surface area (Å²) < 4.78 is 0. The molecular weight excluding hydrogens is 266 g/mol. The van der Waals surface area contributed by atoms with Crippen molar-refractivity contribution in [1.29, 1.82) is 0 Å². The number of likely N-dealkylation sites (N-methyl/N-ethyl adjacent to an activating group) is 1. The minimum atomic E-state index is -0.264. The van der Waals surface area contributed by atoms with Gasteiger partial charge in [0.15, 0.2) is 11.5 Å². The molecule has 2 aromatic rings. The summed E-state index contributed by atoms with van der Waals surface area (Å²) in [5.41, 5.74) is 1.99. The van der Waals surface area contributed by atoms with Crippen molar-refractivity contribution >= 4 is 11.7 Å². The van der Waals surface area contributed by atoms with Gasteiger partial charge in [-0.3, -0.25) is 9.59 Å². The molecule has 0 radical (unpaired) electrons. The molecular formula is C17H15NO3. The van der Waals surface area contributed by atoms with E-state index < -0.39 is 0 Å². The summed E-state index contributed by atoms with van der Waals surface area (Å²) in [6, 6.07) is 14.3. The van der Waals surface area contributed by atoms with Crippen LogP contribution in [0.15, 0.2) is 48.5 Å². The van der Waals surface area contributed by atoms with Gasteiger partial charge in [-0.1, -0.05) is 42.5 Å². The number of hydrogen-bond acceptors (Lipinski definition) is 3. The summed E-state index contributed by atoms with van der Waals surface area (Å²) in [4.78, 5) is 29.8. The highest BCUT2D eigenvalue weighted by Crippen LogP contribution is 2.34. The lowest BCUT2D eigenvalue weighted by Crippen LogP contribution is -2.37. The second-order valence-electron chi connectivity index (χ2n) is 5.10. The number of ketones is 1. The fourth-order valence-corrected chi connectivity index (χ4v) is 2.47. The van der Waals surface area contributed by atoms with Crippen LogP contribution in [0.3, 0.4) is 0 Å². The lowest BCUT2D eigenvalue weighted by molar-refractivity contribution is -0.157. The molecule has 0 fully saturated rings. The summed E-state index contributed by atoms with van der Waals surface area (Å²) in [7, 11) is 1.58. The fourth-order valence-electron chi connectivity index (χ4n) is 2.47. The van der Waals surface area contributed by atoms with Crippen molar-refractivity contribution in [2.24, 2.45) is 0 Å². The van der Waals surface area contributed by atoms with E-state index in [0.717, 1.165) is 5.56 Å². The van der Waals surface area contributed by atoms with Crippen molar-refractivity contribution < 1.29 is 14.4 Å². The molecule has 0 saturated carbocycles. The highest BCUT2D eigenvalue weighted by atomic mass is 16.7. The average Bonchev–Trinajstić information content (AvgIpc) is 2.52. The Morgan fingerprint density at radius 3 is 2.52 bits per heavy atom. The maximum atomic E-state index is 12.4. The number of fused-ring (bicyclic) bond motifs is 1. The highest BCUT2D eigenvalue weighted by Gasteiger charge is 2.30. The monoisotopic (exact) mass is 281 g/mol. The fraction of sp³-hybridized carbons (Fsp3) is 0.176. The highest BCUT2D eigenvalue weighted by molar-refractivity contribution is 6.09. The Kier molecular flexibility index (Phi) is 3.22. The predicted octanol–water partition coefficient (Wildman–Crippen LogP) is 2.79. The number of hydroxylamine groups is 2. The summed E-state index contributed by atoms with van der Waals surface area (Å²) in [6.07, 6.45) is 0. The zero-order chi connectivity index (χ0) is 15.0. The van der Waals surface area contributed by atoms with Crippen LogP contribution >= 0.6 is 0 Å². The topological polar surface area (TPSA) is 46.6 Å². The SMILES string of the molecule is CC1C(=O)N(C)Oc2cc(C(=O)c3ccccc3)ccc21. The van der Waals surface area contributed by atoms with Crippen LogP contribution in [0, 0.1) is 0 Å². The Morgan fingerprint density at radius 2 is 1.81 bits per heavy atom. The Balaban J connectivity index is 1.99. The molecule has 0 N–H and O–H groups in total. The number of carbonyl (C=O) groups is 2. The van der Waals surface area contributed by atoms with Gasteiger partial charge in [0.2, 0.25) is 0 Å². The molecule has 1 aliphatic rings. The number of hydrogen-bond donors (Lipinski definition) is 0. The molecule has 0 saturated heterocycles. The molecule has 1 unspecified atom stereocenters. The summed E-state index contributed by atoms with van der Waals surface area (Å²) >= 11 is 0. The third kappa shape index (κ3) is 2.29. The molecule has 1 aliphatic heterocycles. The predicted molar refractivity (Wildman–Crippen MR) is 78.1 cm³/mol. The van der Waals surface area contributed by atoms with E-state index in [4.69, 9.17) is 4.84 Å². The lowest BCUT2D eigenvalue weighted by atomic mass is 9.94. The maximum Gasteiger partial charge on any atom is 0.262 e. The van der Waals surface area contributed by atoms with Crippen molar-refractivity contribution in [1.82, 2.24) is 5.06 Å². The molecule has 0 aliphatic carbocycles. The van der Waals surface area contributed by atoms with E-state index >= 15 is 0 Å². The molecule has 1 heterocycles. The number of carbonyl (C=O) groups excluding carboxylic acids is 2. The van der Waals surface area contributed by atoms with Gasteiger partial charge in [-0.25, -0.2) is 0 Å². The Morgan fingerprint density at radius 1 is 1.10 bits per heavy atom. The molecule has 4 heteroatoms. The minimum Gasteiger partial charge on any atom is -0.377 e. The number of nitrogens with zero attached hydrogens (tertiary/aromatic N) is 1. The Labute approximate surface area is 122 Å². The van der Waals surface area contributed by atoms with Gasteiger partial charge in [-0.15, -0.1) is 0 Å². The molecule has 106 valence electrons. The molecule has 0 aromatic heterocycles. The zero-order valence-electron chi connectivity index (χ0n) is 11.9. The van der Waals surface area contributed by atoms with Crippen LogP contribution in [0.1, 0.15) is 34.3 Å². The standard InChI is InChI=1S/C17H15NO3/c1-11-14-9-8-13(10-15(14)21-18(2)17(11)20)16(19)12-6-4-3-5-7-12/h3-11H,1-2H3. The van der Waals surface area contributed by atoms with Crippen molar-refractivity contribution in [3.63, 3.8) is 0 Å². The second kappa shape index (κ2) is 5.05. The molecule has 1 amide bonds. The van der Waals surface area contributed by atoms with Crippen LogP contribution in [-0.2, 0) is 4.79 Å². The second-order valence-corrected chi connectivity index (χ2v) is 5.10. The third-order valence-electron chi connectivity index (χ3n) is 3.69. The molecule has 0 spiro atoms. The Bertz CT molecular complexity index is 709. The molecule has 3 rings (SSSR count). The summed E-state index contributed by atoms with van der Waals surface area (Å²) in [5.74, 6) is 0.143. The van der Waals surface area contributed by atoms with E-state index in [9.17, 15) is 9.59 Å². The minimum absolute atomic E-state index is 0.0609. The third-order valence-corrected chi connectivity index (χ3v) is 3.69. The van der Waals surface area contributed by atoms with E-state index in [1.807, 2.05) is 25.1 Å². The largest absolute Gasteiger partial charge is 0.377 e. The van der Waals surface area contributed by atoms with Gasteiger partial charge in [-0.2, -0.15) is 5.06 Å². The first-order valence-electron chi connectivity index (χ1n) is 6.77. The maximum absolute atomic E-state index is 12.4. The van der Waals surface area contributed by atoms with E-state index in [2.05, 4.69) is 0 Å².